The summed E-state index contributed by atoms with van der Waals surface area (Å²) in [5.74, 6) is 0.721. The molecule has 0 radical (unpaired) electrons. The van der Waals surface area contributed by atoms with Gasteiger partial charge < -0.3 is 10.1 Å². The van der Waals surface area contributed by atoms with Crippen molar-refractivity contribution in [1.82, 2.24) is 10.3 Å². The lowest BCUT2D eigenvalue weighted by atomic mass is 10.1. The third kappa shape index (κ3) is 4.65. The minimum atomic E-state index is -0.151. The second-order valence-corrected chi connectivity index (χ2v) is 5.29. The van der Waals surface area contributed by atoms with Crippen LogP contribution in [0.1, 0.15) is 51.8 Å². The number of nitrogens with zero attached hydrogens (tertiary/aromatic N) is 1. The Morgan fingerprint density at radius 2 is 2.00 bits per heavy atom. The lowest BCUT2D eigenvalue weighted by Gasteiger charge is -2.24. The van der Waals surface area contributed by atoms with Gasteiger partial charge in [-0.2, -0.15) is 0 Å². The highest BCUT2D eigenvalue weighted by molar-refractivity contribution is 5.25. The molecule has 18 heavy (non-hydrogen) atoms. The van der Waals surface area contributed by atoms with Crippen LogP contribution in [0, 0.1) is 6.92 Å². The Balaban J connectivity index is 2.67. The first-order chi connectivity index (χ1) is 8.48. The summed E-state index contributed by atoms with van der Waals surface area (Å²) in [7, 11) is 0. The predicted molar refractivity (Wildman–Crippen MR) is 76.0 cm³/mol. The van der Waals surface area contributed by atoms with E-state index in [0.717, 1.165) is 37.5 Å². The van der Waals surface area contributed by atoms with Crippen molar-refractivity contribution in [1.29, 1.82) is 0 Å². The molecule has 1 N–H and O–H groups in total. The van der Waals surface area contributed by atoms with Crippen molar-refractivity contribution < 1.29 is 4.74 Å². The molecule has 102 valence electrons. The van der Waals surface area contributed by atoms with Crippen LogP contribution in [0.3, 0.4) is 0 Å². The Kier molecular flexibility index (Phi) is 5.60. The minimum absolute atomic E-state index is 0.151. The molecule has 1 heterocycles. The van der Waals surface area contributed by atoms with E-state index in [-0.39, 0.29) is 5.60 Å². The third-order valence-corrected chi connectivity index (χ3v) is 3.14. The largest absolute Gasteiger partial charge is 0.472 e. The summed E-state index contributed by atoms with van der Waals surface area (Å²) in [4.78, 5) is 4.52. The highest BCUT2D eigenvalue weighted by Crippen LogP contribution is 2.20. The lowest BCUT2D eigenvalue weighted by molar-refractivity contribution is 0.0988. The first kappa shape index (κ1) is 15.0. The molecule has 0 fully saturated rings. The zero-order valence-electron chi connectivity index (χ0n) is 12.3. The van der Waals surface area contributed by atoms with Crippen molar-refractivity contribution in [2.24, 2.45) is 0 Å². The Labute approximate surface area is 111 Å². The van der Waals surface area contributed by atoms with Gasteiger partial charge in [-0.05, 0) is 45.7 Å². The quantitative estimate of drug-likeness (QED) is 0.753. The molecule has 1 rings (SSSR count). The van der Waals surface area contributed by atoms with Gasteiger partial charge in [0.25, 0.3) is 0 Å². The minimum Gasteiger partial charge on any atom is -0.472 e. The molecule has 0 saturated carbocycles. The summed E-state index contributed by atoms with van der Waals surface area (Å²) in [6, 6.07) is 4.07. The van der Waals surface area contributed by atoms with Gasteiger partial charge in [0, 0.05) is 18.3 Å². The fourth-order valence-electron chi connectivity index (χ4n) is 1.57. The molecule has 0 aliphatic rings. The van der Waals surface area contributed by atoms with E-state index in [1.165, 1.54) is 5.56 Å². The lowest BCUT2D eigenvalue weighted by Crippen LogP contribution is -2.27. The van der Waals surface area contributed by atoms with Crippen molar-refractivity contribution >= 4 is 0 Å². The van der Waals surface area contributed by atoms with Gasteiger partial charge >= 0.3 is 0 Å². The Morgan fingerprint density at radius 3 is 2.56 bits per heavy atom. The second kappa shape index (κ2) is 6.74. The SMILES string of the molecule is CCCNCc1ccc(OC(C)(C)CC)nc1C. The van der Waals surface area contributed by atoms with Crippen LogP contribution in [0.2, 0.25) is 0 Å². The van der Waals surface area contributed by atoms with Gasteiger partial charge in [0.1, 0.15) is 5.60 Å². The van der Waals surface area contributed by atoms with Crippen molar-refractivity contribution in [3.63, 3.8) is 0 Å². The highest BCUT2D eigenvalue weighted by atomic mass is 16.5. The highest BCUT2D eigenvalue weighted by Gasteiger charge is 2.17. The van der Waals surface area contributed by atoms with E-state index >= 15 is 0 Å². The maximum absolute atomic E-state index is 5.88. The van der Waals surface area contributed by atoms with E-state index in [9.17, 15) is 0 Å². The number of hydrogen-bond donors (Lipinski definition) is 1. The van der Waals surface area contributed by atoms with E-state index in [1.807, 2.05) is 13.0 Å². The van der Waals surface area contributed by atoms with Crippen LogP contribution in [0.15, 0.2) is 12.1 Å². The smallest absolute Gasteiger partial charge is 0.213 e. The summed E-state index contributed by atoms with van der Waals surface area (Å²) in [6.07, 6.45) is 2.12. The monoisotopic (exact) mass is 250 g/mol. The normalized spacial score (nSPS) is 11.6. The van der Waals surface area contributed by atoms with E-state index in [2.05, 4.69) is 44.1 Å². The standard InChI is InChI=1S/C15H26N2O/c1-6-10-16-11-13-8-9-14(17-12(13)3)18-15(4,5)7-2/h8-9,16H,6-7,10-11H2,1-5H3. The van der Waals surface area contributed by atoms with Crippen LogP contribution in [0.25, 0.3) is 0 Å². The molecule has 0 unspecified atom stereocenters. The topological polar surface area (TPSA) is 34.1 Å². The van der Waals surface area contributed by atoms with Gasteiger partial charge in [-0.25, -0.2) is 4.98 Å². The van der Waals surface area contributed by atoms with Gasteiger partial charge in [-0.1, -0.05) is 19.9 Å². The van der Waals surface area contributed by atoms with E-state index < -0.39 is 0 Å². The Morgan fingerprint density at radius 1 is 1.28 bits per heavy atom. The summed E-state index contributed by atoms with van der Waals surface area (Å²) in [6.45, 7) is 12.4. The number of hydrogen-bond acceptors (Lipinski definition) is 3. The molecule has 0 aliphatic heterocycles. The summed E-state index contributed by atoms with van der Waals surface area (Å²) in [5, 5.41) is 3.39. The maximum Gasteiger partial charge on any atom is 0.213 e. The molecule has 0 aromatic carbocycles. The molecule has 0 bridgehead atoms. The summed E-state index contributed by atoms with van der Waals surface area (Å²) >= 11 is 0. The van der Waals surface area contributed by atoms with Crippen molar-refractivity contribution in [2.75, 3.05) is 6.54 Å². The Bertz CT molecular complexity index is 375. The van der Waals surface area contributed by atoms with Crippen LogP contribution in [0.4, 0.5) is 0 Å². The number of pyridine rings is 1. The molecule has 0 aliphatic carbocycles. The average molecular weight is 250 g/mol. The molecule has 0 amide bonds. The van der Waals surface area contributed by atoms with Gasteiger partial charge in [0.05, 0.1) is 0 Å². The zero-order chi connectivity index (χ0) is 13.6. The third-order valence-electron chi connectivity index (χ3n) is 3.14. The molecule has 1 aromatic heterocycles. The predicted octanol–water partition coefficient (Wildman–Crippen LogP) is 3.46. The first-order valence-electron chi connectivity index (χ1n) is 6.84. The number of nitrogens with one attached hydrogen (secondary N) is 1. The number of ether oxygens (including phenoxy) is 1. The van der Waals surface area contributed by atoms with E-state index in [0.29, 0.717) is 0 Å². The number of aryl methyl sites for hydroxylation is 1. The van der Waals surface area contributed by atoms with E-state index in [1.54, 1.807) is 0 Å². The molecule has 3 nitrogen and oxygen atoms in total. The van der Waals surface area contributed by atoms with Gasteiger partial charge in [0.2, 0.25) is 5.88 Å². The van der Waals surface area contributed by atoms with E-state index in [4.69, 9.17) is 4.74 Å². The number of aromatic nitrogens is 1. The molecule has 3 heteroatoms. The van der Waals surface area contributed by atoms with Crippen LogP contribution < -0.4 is 10.1 Å². The molecular weight excluding hydrogens is 224 g/mol. The average Bonchev–Trinajstić information content (AvgIpc) is 2.32. The van der Waals surface area contributed by atoms with Crippen LogP contribution in [0.5, 0.6) is 5.88 Å². The first-order valence-corrected chi connectivity index (χ1v) is 6.84. The fourth-order valence-corrected chi connectivity index (χ4v) is 1.57. The zero-order valence-corrected chi connectivity index (χ0v) is 12.3. The van der Waals surface area contributed by atoms with Gasteiger partial charge in [-0.15, -0.1) is 0 Å². The van der Waals surface area contributed by atoms with Gasteiger partial charge in [-0.3, -0.25) is 0 Å². The maximum atomic E-state index is 5.88. The van der Waals surface area contributed by atoms with Crippen molar-refractivity contribution in [2.45, 2.75) is 59.6 Å². The summed E-state index contributed by atoms with van der Waals surface area (Å²) < 4.78 is 5.88. The van der Waals surface area contributed by atoms with Crippen molar-refractivity contribution in [3.8, 4) is 5.88 Å². The molecular formula is C15H26N2O. The molecule has 1 aromatic rings. The van der Waals surface area contributed by atoms with Crippen LogP contribution >= 0.6 is 0 Å². The van der Waals surface area contributed by atoms with Crippen LogP contribution in [-0.2, 0) is 6.54 Å². The van der Waals surface area contributed by atoms with Gasteiger partial charge in [0.15, 0.2) is 0 Å². The molecule has 0 saturated heterocycles. The summed E-state index contributed by atoms with van der Waals surface area (Å²) in [5.41, 5.74) is 2.13. The van der Waals surface area contributed by atoms with Crippen LogP contribution in [-0.4, -0.2) is 17.1 Å². The Hall–Kier alpha value is -1.09. The second-order valence-electron chi connectivity index (χ2n) is 5.29. The molecule has 0 atom stereocenters. The number of rotatable bonds is 7. The molecule has 0 spiro atoms. The van der Waals surface area contributed by atoms with Crippen molar-refractivity contribution in [3.05, 3.63) is 23.4 Å². The fraction of sp³-hybridized carbons (Fsp3) is 0.667.